The summed E-state index contributed by atoms with van der Waals surface area (Å²) in [5.74, 6) is -1.77. The summed E-state index contributed by atoms with van der Waals surface area (Å²) in [5.41, 5.74) is 5.23. The molecule has 0 spiro atoms. The number of pyridine rings is 1. The van der Waals surface area contributed by atoms with Crippen molar-refractivity contribution >= 4 is 17.7 Å². The normalized spacial score (nSPS) is 32.6. The van der Waals surface area contributed by atoms with Crippen molar-refractivity contribution in [3.8, 4) is 0 Å². The second kappa shape index (κ2) is 6.23. The average molecular weight is 397 g/mol. The van der Waals surface area contributed by atoms with Crippen molar-refractivity contribution in [2.45, 2.75) is 11.8 Å². The van der Waals surface area contributed by atoms with Gasteiger partial charge in [0.15, 0.2) is 0 Å². The van der Waals surface area contributed by atoms with Gasteiger partial charge in [-0.1, -0.05) is 48.6 Å². The SMILES string of the molecule is O=C(NN1C(=O)[C@H]2[C@H](C1=O)[C@@H]1c3ccccc3[C@@H]2[C@@H]2C=CC=C[C@@H]21)c1ccncc1. The molecule has 6 atom stereocenters. The van der Waals surface area contributed by atoms with Gasteiger partial charge in [-0.3, -0.25) is 24.8 Å². The Balaban J connectivity index is 1.41. The predicted octanol–water partition coefficient (Wildman–Crippen LogP) is 2.58. The van der Waals surface area contributed by atoms with Gasteiger partial charge in [-0.2, -0.15) is 5.01 Å². The number of nitrogens with one attached hydrogen (secondary N) is 1. The van der Waals surface area contributed by atoms with E-state index in [1.165, 1.54) is 12.4 Å². The van der Waals surface area contributed by atoms with E-state index in [2.05, 4.69) is 34.7 Å². The van der Waals surface area contributed by atoms with Crippen LogP contribution in [0.5, 0.6) is 0 Å². The molecule has 1 saturated carbocycles. The van der Waals surface area contributed by atoms with Crippen LogP contribution in [0.15, 0.2) is 73.1 Å². The van der Waals surface area contributed by atoms with Crippen LogP contribution in [-0.4, -0.2) is 27.7 Å². The first-order valence-electron chi connectivity index (χ1n) is 10.2. The largest absolute Gasteiger partial charge is 0.272 e. The summed E-state index contributed by atoms with van der Waals surface area (Å²) < 4.78 is 0. The smallest absolute Gasteiger partial charge is 0.270 e. The van der Waals surface area contributed by atoms with Crippen molar-refractivity contribution < 1.29 is 14.4 Å². The minimum atomic E-state index is -0.486. The lowest BCUT2D eigenvalue weighted by Gasteiger charge is -2.53. The lowest BCUT2D eigenvalue weighted by atomic mass is 9.48. The minimum absolute atomic E-state index is 0.0679. The number of nitrogens with zero attached hydrogens (tertiary/aromatic N) is 2. The molecule has 4 aliphatic carbocycles. The van der Waals surface area contributed by atoms with E-state index < -0.39 is 17.7 Å². The molecule has 0 unspecified atom stereocenters. The maximum atomic E-state index is 13.4. The summed E-state index contributed by atoms with van der Waals surface area (Å²) in [6.45, 7) is 0. The molecule has 6 heteroatoms. The van der Waals surface area contributed by atoms with Gasteiger partial charge in [0, 0.05) is 29.8 Å². The van der Waals surface area contributed by atoms with Gasteiger partial charge in [0.2, 0.25) is 0 Å². The summed E-state index contributed by atoms with van der Waals surface area (Å²) in [5, 5.41) is 0.967. The summed E-state index contributed by atoms with van der Waals surface area (Å²) in [4.78, 5) is 43.4. The van der Waals surface area contributed by atoms with Gasteiger partial charge >= 0.3 is 0 Å². The first-order valence-corrected chi connectivity index (χ1v) is 10.2. The number of carbonyl (C=O) groups excluding carboxylic acids is 3. The summed E-state index contributed by atoms with van der Waals surface area (Å²) in [6, 6.07) is 11.3. The highest BCUT2D eigenvalue weighted by molar-refractivity contribution is 6.09. The molecule has 1 aliphatic heterocycles. The zero-order valence-electron chi connectivity index (χ0n) is 16.0. The monoisotopic (exact) mass is 397 g/mol. The lowest BCUT2D eigenvalue weighted by Crippen LogP contribution is -2.49. The van der Waals surface area contributed by atoms with E-state index in [-0.39, 0.29) is 35.5 Å². The number of amides is 3. The Morgan fingerprint density at radius 2 is 1.33 bits per heavy atom. The van der Waals surface area contributed by atoms with Gasteiger partial charge in [0.05, 0.1) is 11.8 Å². The maximum absolute atomic E-state index is 13.4. The van der Waals surface area contributed by atoms with Gasteiger partial charge in [-0.05, 0) is 35.1 Å². The number of imide groups is 1. The van der Waals surface area contributed by atoms with E-state index in [0.717, 1.165) is 16.1 Å². The number of carbonyl (C=O) groups is 3. The summed E-state index contributed by atoms with van der Waals surface area (Å²) >= 11 is 0. The van der Waals surface area contributed by atoms with Crippen LogP contribution < -0.4 is 5.43 Å². The van der Waals surface area contributed by atoms with Crippen molar-refractivity contribution in [1.29, 1.82) is 0 Å². The fourth-order valence-corrected chi connectivity index (χ4v) is 6.01. The van der Waals surface area contributed by atoms with Crippen molar-refractivity contribution in [2.75, 3.05) is 0 Å². The lowest BCUT2D eigenvalue weighted by molar-refractivity contribution is -0.142. The highest BCUT2D eigenvalue weighted by Crippen LogP contribution is 2.64. The van der Waals surface area contributed by atoms with E-state index in [0.29, 0.717) is 5.56 Å². The second-order valence-electron chi connectivity index (χ2n) is 8.35. The van der Waals surface area contributed by atoms with Crippen LogP contribution in [0.4, 0.5) is 0 Å². The number of aromatic nitrogens is 1. The van der Waals surface area contributed by atoms with Gasteiger partial charge in [-0.25, -0.2) is 0 Å². The number of benzene rings is 1. The Hall–Kier alpha value is -3.54. The maximum Gasteiger partial charge on any atom is 0.270 e. The zero-order chi connectivity index (χ0) is 20.4. The molecule has 1 saturated heterocycles. The number of allylic oxidation sites excluding steroid dienone is 4. The average Bonchev–Trinajstić information content (AvgIpc) is 3.05. The summed E-state index contributed by atoms with van der Waals surface area (Å²) in [6.07, 6.45) is 11.4. The molecule has 30 heavy (non-hydrogen) atoms. The fraction of sp³-hybridized carbons (Fsp3) is 0.250. The molecular formula is C24H19N3O3. The molecule has 1 aromatic carbocycles. The third-order valence-corrected chi connectivity index (χ3v) is 7.09. The van der Waals surface area contributed by atoms with Gasteiger partial charge in [0.1, 0.15) is 0 Å². The molecule has 6 nitrogen and oxygen atoms in total. The Morgan fingerprint density at radius 3 is 1.87 bits per heavy atom. The topological polar surface area (TPSA) is 79.4 Å². The first kappa shape index (κ1) is 17.3. The van der Waals surface area contributed by atoms with Crippen LogP contribution in [-0.2, 0) is 9.59 Å². The van der Waals surface area contributed by atoms with Crippen LogP contribution in [0.1, 0.15) is 33.3 Å². The van der Waals surface area contributed by atoms with Crippen molar-refractivity contribution in [2.24, 2.45) is 23.7 Å². The molecule has 1 aromatic heterocycles. The Morgan fingerprint density at radius 1 is 0.800 bits per heavy atom. The predicted molar refractivity (Wildman–Crippen MR) is 108 cm³/mol. The van der Waals surface area contributed by atoms with Gasteiger partial charge in [-0.15, -0.1) is 0 Å². The quantitative estimate of drug-likeness (QED) is 0.790. The molecule has 2 heterocycles. The molecule has 7 rings (SSSR count). The third kappa shape index (κ3) is 2.19. The first-order chi connectivity index (χ1) is 14.7. The Bertz CT molecular complexity index is 1080. The van der Waals surface area contributed by atoms with Gasteiger partial charge in [0.25, 0.3) is 17.7 Å². The Kier molecular flexibility index (Phi) is 3.60. The number of hydrogen-bond acceptors (Lipinski definition) is 4. The molecule has 2 fully saturated rings. The van der Waals surface area contributed by atoms with Crippen molar-refractivity contribution in [3.63, 3.8) is 0 Å². The minimum Gasteiger partial charge on any atom is -0.272 e. The van der Waals surface area contributed by atoms with Crippen molar-refractivity contribution in [1.82, 2.24) is 15.4 Å². The standard InChI is InChI=1S/C24H19N3O3/c28-22(13-9-11-25-12-10-13)26-27-23(29)20-18-14-5-1-2-6-15(14)19(21(20)24(27)30)17-8-4-3-7-16(17)18/h1-12,14-15,18-21H,(H,26,28)/t14-,15+,18-,19-,20+,21+/m0/s1. The molecule has 148 valence electrons. The number of rotatable bonds is 2. The molecule has 0 radical (unpaired) electrons. The fourth-order valence-electron chi connectivity index (χ4n) is 6.01. The molecule has 1 N–H and O–H groups in total. The highest BCUT2D eigenvalue weighted by Gasteiger charge is 2.65. The van der Waals surface area contributed by atoms with E-state index in [4.69, 9.17) is 0 Å². The Labute approximate surface area is 173 Å². The van der Waals surface area contributed by atoms with E-state index in [9.17, 15) is 14.4 Å². The molecule has 2 bridgehead atoms. The van der Waals surface area contributed by atoms with Crippen LogP contribution in [0.2, 0.25) is 0 Å². The van der Waals surface area contributed by atoms with Crippen LogP contribution in [0.25, 0.3) is 0 Å². The van der Waals surface area contributed by atoms with Crippen LogP contribution in [0, 0.1) is 23.7 Å². The van der Waals surface area contributed by atoms with Crippen LogP contribution in [0.3, 0.4) is 0 Å². The second-order valence-corrected chi connectivity index (χ2v) is 8.35. The van der Waals surface area contributed by atoms with E-state index in [1.807, 2.05) is 24.3 Å². The van der Waals surface area contributed by atoms with Crippen LogP contribution >= 0.6 is 0 Å². The van der Waals surface area contributed by atoms with Gasteiger partial charge < -0.3 is 0 Å². The van der Waals surface area contributed by atoms with Crippen molar-refractivity contribution in [3.05, 3.63) is 89.8 Å². The molecule has 5 aliphatic rings. The van der Waals surface area contributed by atoms with E-state index in [1.54, 1.807) is 12.1 Å². The third-order valence-electron chi connectivity index (χ3n) is 7.09. The number of hydrazine groups is 1. The van der Waals surface area contributed by atoms with E-state index >= 15 is 0 Å². The molecule has 3 amide bonds. The number of hydrogen-bond donors (Lipinski definition) is 1. The molecule has 2 aromatic rings. The molecular weight excluding hydrogens is 378 g/mol. The highest BCUT2D eigenvalue weighted by atomic mass is 16.2. The zero-order valence-corrected chi connectivity index (χ0v) is 16.0. The summed E-state index contributed by atoms with van der Waals surface area (Å²) in [7, 11) is 0.